The molecule has 0 bridgehead atoms. The van der Waals surface area contributed by atoms with Gasteiger partial charge in [-0.15, -0.1) is 0 Å². The Kier molecular flexibility index (Phi) is 4.12. The second-order valence-electron chi connectivity index (χ2n) is 4.06. The number of nitrogens with two attached hydrogens (primary N) is 1. The molecule has 0 atom stereocenters. The molecule has 1 fully saturated rings. The third-order valence-corrected chi connectivity index (χ3v) is 3.34. The van der Waals surface area contributed by atoms with Crippen molar-refractivity contribution in [1.29, 1.82) is 0 Å². The summed E-state index contributed by atoms with van der Waals surface area (Å²) in [5.41, 5.74) is 5.91. The summed E-state index contributed by atoms with van der Waals surface area (Å²) in [6.45, 7) is 1.54. The van der Waals surface area contributed by atoms with Crippen molar-refractivity contribution in [3.8, 4) is 0 Å². The van der Waals surface area contributed by atoms with Gasteiger partial charge in [-0.05, 0) is 34.7 Å². The maximum Gasteiger partial charge on any atom is 0.241 e. The van der Waals surface area contributed by atoms with Gasteiger partial charge in [0, 0.05) is 13.1 Å². The standard InChI is InChI=1S/C11H13IN4O2/c12-9-2-1-8(5-14-9)16-4-3-15(6-10(13)17)7-11(16)18/h1-2,5H,3-4,6-7H2,(H2,13,17). The molecule has 1 aromatic heterocycles. The molecule has 0 saturated carbocycles. The lowest BCUT2D eigenvalue weighted by molar-refractivity contribution is -0.123. The molecule has 1 aliphatic heterocycles. The molecule has 0 radical (unpaired) electrons. The Hall–Kier alpha value is -1.22. The van der Waals surface area contributed by atoms with Crippen LogP contribution in [0.2, 0.25) is 0 Å². The number of primary amides is 1. The molecule has 7 heteroatoms. The van der Waals surface area contributed by atoms with E-state index < -0.39 is 5.91 Å². The smallest absolute Gasteiger partial charge is 0.241 e. The van der Waals surface area contributed by atoms with E-state index in [1.807, 2.05) is 12.1 Å². The number of amides is 2. The van der Waals surface area contributed by atoms with Gasteiger partial charge in [0.25, 0.3) is 0 Å². The van der Waals surface area contributed by atoms with Crippen LogP contribution in [0, 0.1) is 3.70 Å². The fraction of sp³-hybridized carbons (Fsp3) is 0.364. The molecule has 2 rings (SSSR count). The number of hydrogen-bond acceptors (Lipinski definition) is 4. The summed E-state index contributed by atoms with van der Waals surface area (Å²) >= 11 is 2.11. The van der Waals surface area contributed by atoms with Gasteiger partial charge in [-0.1, -0.05) is 0 Å². The molecule has 0 aromatic carbocycles. The second-order valence-corrected chi connectivity index (χ2v) is 5.17. The summed E-state index contributed by atoms with van der Waals surface area (Å²) in [6, 6.07) is 3.73. The van der Waals surface area contributed by atoms with E-state index >= 15 is 0 Å². The highest BCUT2D eigenvalue weighted by Gasteiger charge is 2.25. The summed E-state index contributed by atoms with van der Waals surface area (Å²) in [6.07, 6.45) is 1.68. The monoisotopic (exact) mass is 360 g/mol. The average Bonchev–Trinajstić information content (AvgIpc) is 2.30. The summed E-state index contributed by atoms with van der Waals surface area (Å²) < 4.78 is 0.885. The highest BCUT2D eigenvalue weighted by Crippen LogP contribution is 2.16. The number of pyridine rings is 1. The van der Waals surface area contributed by atoms with Crippen LogP contribution in [0.4, 0.5) is 5.69 Å². The van der Waals surface area contributed by atoms with Gasteiger partial charge in [0.05, 0.1) is 25.0 Å². The first kappa shape index (κ1) is 13.2. The van der Waals surface area contributed by atoms with Crippen LogP contribution in [0.3, 0.4) is 0 Å². The van der Waals surface area contributed by atoms with E-state index in [-0.39, 0.29) is 19.0 Å². The van der Waals surface area contributed by atoms with E-state index in [1.54, 1.807) is 16.0 Å². The van der Waals surface area contributed by atoms with Crippen LogP contribution in [0.1, 0.15) is 0 Å². The average molecular weight is 360 g/mol. The Labute approximate surface area is 118 Å². The third-order valence-electron chi connectivity index (χ3n) is 2.70. The van der Waals surface area contributed by atoms with Gasteiger partial charge in [-0.2, -0.15) is 0 Å². The molecule has 0 unspecified atom stereocenters. The number of hydrogen-bond donors (Lipinski definition) is 1. The van der Waals surface area contributed by atoms with Crippen molar-refractivity contribution < 1.29 is 9.59 Å². The van der Waals surface area contributed by atoms with Crippen molar-refractivity contribution in [2.24, 2.45) is 5.73 Å². The number of halogens is 1. The van der Waals surface area contributed by atoms with Crippen LogP contribution < -0.4 is 10.6 Å². The molecule has 18 heavy (non-hydrogen) atoms. The Morgan fingerprint density at radius 2 is 2.22 bits per heavy atom. The molecule has 1 aromatic rings. The van der Waals surface area contributed by atoms with Crippen molar-refractivity contribution in [3.63, 3.8) is 0 Å². The fourth-order valence-corrected chi connectivity index (χ4v) is 2.20. The molecule has 96 valence electrons. The second kappa shape index (κ2) is 5.61. The van der Waals surface area contributed by atoms with Crippen molar-refractivity contribution in [1.82, 2.24) is 9.88 Å². The highest BCUT2D eigenvalue weighted by molar-refractivity contribution is 14.1. The third kappa shape index (κ3) is 3.16. The molecular weight excluding hydrogens is 347 g/mol. The number of aromatic nitrogens is 1. The van der Waals surface area contributed by atoms with Gasteiger partial charge in [0.15, 0.2) is 0 Å². The Bertz CT molecular complexity index is 463. The number of nitrogens with zero attached hydrogens (tertiary/aromatic N) is 3. The van der Waals surface area contributed by atoms with Crippen molar-refractivity contribution in [2.45, 2.75) is 0 Å². The van der Waals surface area contributed by atoms with Crippen LogP contribution in [-0.2, 0) is 9.59 Å². The Morgan fingerprint density at radius 3 is 2.78 bits per heavy atom. The normalized spacial score (nSPS) is 16.9. The first-order chi connectivity index (χ1) is 8.56. The molecule has 2 amide bonds. The molecule has 1 saturated heterocycles. The summed E-state index contributed by atoms with van der Waals surface area (Å²) in [4.78, 5) is 30.4. The fourth-order valence-electron chi connectivity index (χ4n) is 1.88. The molecule has 2 heterocycles. The Balaban J connectivity index is 2.03. The van der Waals surface area contributed by atoms with Gasteiger partial charge in [-0.3, -0.25) is 14.5 Å². The first-order valence-corrected chi connectivity index (χ1v) is 6.57. The van der Waals surface area contributed by atoms with E-state index in [4.69, 9.17) is 5.73 Å². The lowest BCUT2D eigenvalue weighted by Gasteiger charge is -2.33. The lowest BCUT2D eigenvalue weighted by Crippen LogP contribution is -2.52. The minimum Gasteiger partial charge on any atom is -0.369 e. The zero-order valence-corrected chi connectivity index (χ0v) is 11.8. The van der Waals surface area contributed by atoms with Crippen molar-refractivity contribution in [3.05, 3.63) is 22.0 Å². The molecule has 6 nitrogen and oxygen atoms in total. The van der Waals surface area contributed by atoms with E-state index in [0.717, 1.165) is 9.39 Å². The predicted molar refractivity (Wildman–Crippen MR) is 74.9 cm³/mol. The number of rotatable bonds is 3. The minimum absolute atomic E-state index is 0.0366. The highest BCUT2D eigenvalue weighted by atomic mass is 127. The lowest BCUT2D eigenvalue weighted by atomic mass is 10.2. The van der Waals surface area contributed by atoms with Gasteiger partial charge < -0.3 is 10.6 Å². The van der Waals surface area contributed by atoms with Crippen LogP contribution in [0.5, 0.6) is 0 Å². The maximum atomic E-state index is 12.0. The Morgan fingerprint density at radius 1 is 1.44 bits per heavy atom. The number of carbonyl (C=O) groups excluding carboxylic acids is 2. The van der Waals surface area contributed by atoms with Gasteiger partial charge in [0.1, 0.15) is 3.70 Å². The number of carbonyl (C=O) groups is 2. The maximum absolute atomic E-state index is 12.0. The molecule has 1 aliphatic rings. The number of anilines is 1. The minimum atomic E-state index is -0.410. The molecule has 2 N–H and O–H groups in total. The van der Waals surface area contributed by atoms with Crippen LogP contribution in [0.25, 0.3) is 0 Å². The summed E-state index contributed by atoms with van der Waals surface area (Å²) in [5.74, 6) is -0.447. The molecule has 0 aliphatic carbocycles. The first-order valence-electron chi connectivity index (χ1n) is 5.49. The summed E-state index contributed by atoms with van der Waals surface area (Å²) in [7, 11) is 0. The molecular formula is C11H13IN4O2. The topological polar surface area (TPSA) is 79.5 Å². The van der Waals surface area contributed by atoms with Crippen LogP contribution in [-0.4, -0.2) is 47.9 Å². The van der Waals surface area contributed by atoms with Crippen LogP contribution in [0.15, 0.2) is 18.3 Å². The quantitative estimate of drug-likeness (QED) is 0.599. The van der Waals surface area contributed by atoms with Gasteiger partial charge >= 0.3 is 0 Å². The zero-order valence-electron chi connectivity index (χ0n) is 9.67. The number of piperazine rings is 1. The van der Waals surface area contributed by atoms with Gasteiger partial charge in [-0.25, -0.2) is 4.98 Å². The van der Waals surface area contributed by atoms with Crippen LogP contribution >= 0.6 is 22.6 Å². The summed E-state index contributed by atoms with van der Waals surface area (Å²) in [5, 5.41) is 0. The zero-order chi connectivity index (χ0) is 13.1. The van der Waals surface area contributed by atoms with E-state index in [0.29, 0.717) is 13.1 Å². The van der Waals surface area contributed by atoms with E-state index in [2.05, 4.69) is 27.6 Å². The largest absolute Gasteiger partial charge is 0.369 e. The SMILES string of the molecule is NC(=O)CN1CCN(c2ccc(I)nc2)C(=O)C1. The van der Waals surface area contributed by atoms with E-state index in [1.165, 1.54) is 0 Å². The van der Waals surface area contributed by atoms with E-state index in [9.17, 15) is 9.59 Å². The van der Waals surface area contributed by atoms with Crippen molar-refractivity contribution >= 4 is 40.1 Å². The van der Waals surface area contributed by atoms with Crippen molar-refractivity contribution in [2.75, 3.05) is 31.1 Å². The van der Waals surface area contributed by atoms with Gasteiger partial charge in [0.2, 0.25) is 11.8 Å². The predicted octanol–water partition coefficient (Wildman–Crippen LogP) is -0.180. The molecule has 0 spiro atoms.